The quantitative estimate of drug-likeness (QED) is 0.438. The van der Waals surface area contributed by atoms with Gasteiger partial charge in [0.1, 0.15) is 0 Å². The Kier molecular flexibility index (Phi) is 4.33. The fourth-order valence-electron chi connectivity index (χ4n) is 0.466. The summed E-state index contributed by atoms with van der Waals surface area (Å²) in [4.78, 5) is 0. The van der Waals surface area contributed by atoms with Gasteiger partial charge in [-0.1, -0.05) is 13.2 Å². The molecule has 0 N–H and O–H groups in total. The molecule has 2 nitrogen and oxygen atoms in total. The Balaban J connectivity index is 3.59. The average Bonchev–Trinajstić information content (AvgIpc) is 1.97. The van der Waals surface area contributed by atoms with E-state index in [0.717, 1.165) is 12.5 Å². The van der Waals surface area contributed by atoms with Gasteiger partial charge in [0, 0.05) is 13.0 Å². The van der Waals surface area contributed by atoms with Crippen molar-refractivity contribution >= 4 is 6.70 Å². The summed E-state index contributed by atoms with van der Waals surface area (Å²) in [6.45, 7) is 1.37. The minimum absolute atomic E-state index is 0.655. The van der Waals surface area contributed by atoms with Crippen LogP contribution >= 0.6 is 0 Å². The number of hydrogen-bond donors (Lipinski definition) is 0. The molecule has 0 atom stereocenters. The Morgan fingerprint density at radius 2 is 1.45 bits per heavy atom. The van der Waals surface area contributed by atoms with E-state index in [2.05, 4.69) is 22.6 Å². The first-order valence-corrected chi connectivity index (χ1v) is 3.12. The van der Waals surface area contributed by atoms with Crippen molar-refractivity contribution in [3.8, 4) is 0 Å². The summed E-state index contributed by atoms with van der Waals surface area (Å²) >= 11 is 0. The van der Waals surface area contributed by atoms with Crippen LogP contribution in [-0.4, -0.2) is 19.7 Å². The SMILES string of the molecule is C=COC[B-](F)(F)COC=C. The molecule has 0 rings (SSSR count). The van der Waals surface area contributed by atoms with E-state index in [1.807, 2.05) is 0 Å². The maximum atomic E-state index is 12.5. The van der Waals surface area contributed by atoms with Gasteiger partial charge in [-0.25, -0.2) is 0 Å². The van der Waals surface area contributed by atoms with Crippen molar-refractivity contribution in [3.63, 3.8) is 0 Å². The zero-order valence-corrected chi connectivity index (χ0v) is 6.13. The third kappa shape index (κ3) is 5.45. The predicted octanol–water partition coefficient (Wildman–Crippen LogP) is 1.77. The van der Waals surface area contributed by atoms with E-state index in [0.29, 0.717) is 0 Å². The number of halogens is 2. The fourth-order valence-corrected chi connectivity index (χ4v) is 0.466. The highest BCUT2D eigenvalue weighted by Gasteiger charge is 2.24. The summed E-state index contributed by atoms with van der Waals surface area (Å²) in [6, 6.07) is 0. The molecule has 0 bridgehead atoms. The first kappa shape index (κ1) is 10.0. The van der Waals surface area contributed by atoms with E-state index in [-0.39, 0.29) is 0 Å². The minimum Gasteiger partial charge on any atom is -0.533 e. The van der Waals surface area contributed by atoms with Crippen LogP contribution in [0.4, 0.5) is 8.63 Å². The second-order valence-electron chi connectivity index (χ2n) is 1.99. The van der Waals surface area contributed by atoms with E-state index in [4.69, 9.17) is 0 Å². The summed E-state index contributed by atoms with van der Waals surface area (Å²) in [5, 5.41) is 0. The van der Waals surface area contributed by atoms with Crippen LogP contribution in [0.15, 0.2) is 25.7 Å². The molecular weight excluding hydrogens is 153 g/mol. The van der Waals surface area contributed by atoms with Gasteiger partial charge in [0.15, 0.2) is 0 Å². The number of hydrogen-bond acceptors (Lipinski definition) is 2. The highest BCUT2D eigenvalue weighted by molar-refractivity contribution is 6.65. The van der Waals surface area contributed by atoms with E-state index < -0.39 is 19.7 Å². The Bertz CT molecular complexity index is 125. The highest BCUT2D eigenvalue weighted by Crippen LogP contribution is 2.07. The van der Waals surface area contributed by atoms with E-state index >= 15 is 0 Å². The molecule has 0 saturated carbocycles. The molecule has 0 amide bonds. The number of rotatable bonds is 6. The molecule has 0 saturated heterocycles. The molecule has 0 aliphatic carbocycles. The molecule has 0 radical (unpaired) electrons. The molecule has 0 heterocycles. The van der Waals surface area contributed by atoms with Crippen LogP contribution in [0.5, 0.6) is 0 Å². The van der Waals surface area contributed by atoms with Gasteiger partial charge < -0.3 is 18.1 Å². The lowest BCUT2D eigenvalue weighted by atomic mass is 9.67. The zero-order chi connectivity index (χ0) is 8.74. The van der Waals surface area contributed by atoms with Gasteiger partial charge in [0.05, 0.1) is 12.5 Å². The monoisotopic (exact) mass is 163 g/mol. The molecule has 0 aromatic carbocycles. The van der Waals surface area contributed by atoms with Gasteiger partial charge in [-0.2, -0.15) is 0 Å². The molecule has 0 aliphatic heterocycles. The van der Waals surface area contributed by atoms with Crippen LogP contribution in [0.1, 0.15) is 0 Å². The summed E-state index contributed by atoms with van der Waals surface area (Å²) < 4.78 is 33.7. The smallest absolute Gasteiger partial charge is 0.374 e. The lowest BCUT2D eigenvalue weighted by molar-refractivity contribution is 0.238. The van der Waals surface area contributed by atoms with Crippen LogP contribution in [-0.2, 0) is 9.47 Å². The Hall–Kier alpha value is -0.995. The molecular formula is C6H10BF2O2-. The van der Waals surface area contributed by atoms with Gasteiger partial charge in [-0.15, -0.1) is 0 Å². The Morgan fingerprint density at radius 3 is 1.73 bits per heavy atom. The third-order valence-corrected chi connectivity index (χ3v) is 0.916. The van der Waals surface area contributed by atoms with Crippen molar-refractivity contribution < 1.29 is 18.1 Å². The maximum absolute atomic E-state index is 12.5. The lowest BCUT2D eigenvalue weighted by Gasteiger charge is -2.21. The Morgan fingerprint density at radius 1 is 1.09 bits per heavy atom. The first-order valence-electron chi connectivity index (χ1n) is 3.12. The molecule has 0 aliphatic rings. The molecule has 11 heavy (non-hydrogen) atoms. The van der Waals surface area contributed by atoms with Crippen LogP contribution in [0, 0.1) is 0 Å². The summed E-state index contributed by atoms with van der Waals surface area (Å²) in [5.41, 5.74) is 0. The highest BCUT2D eigenvalue weighted by atomic mass is 19.2. The van der Waals surface area contributed by atoms with E-state index in [9.17, 15) is 8.63 Å². The maximum Gasteiger partial charge on any atom is 0.374 e. The predicted molar refractivity (Wildman–Crippen MR) is 40.3 cm³/mol. The fraction of sp³-hybridized carbons (Fsp3) is 0.333. The summed E-state index contributed by atoms with van der Waals surface area (Å²) in [5.74, 6) is 0. The first-order chi connectivity index (χ1) is 5.12. The zero-order valence-electron chi connectivity index (χ0n) is 6.13. The Labute approximate surface area is 64.5 Å². The van der Waals surface area contributed by atoms with Crippen molar-refractivity contribution in [2.24, 2.45) is 0 Å². The standard InChI is InChI=1S/C6H10BF2O2/c1-3-10-5-7(8,9)6-11-4-2/h3-4H,1-2,5-6H2/q-1. The van der Waals surface area contributed by atoms with Crippen molar-refractivity contribution in [1.82, 2.24) is 0 Å². The van der Waals surface area contributed by atoms with E-state index in [1.54, 1.807) is 0 Å². The van der Waals surface area contributed by atoms with Crippen molar-refractivity contribution in [1.29, 1.82) is 0 Å². The number of ether oxygens (including phenoxy) is 2. The lowest BCUT2D eigenvalue weighted by Crippen LogP contribution is -2.35. The average molecular weight is 163 g/mol. The third-order valence-electron chi connectivity index (χ3n) is 0.916. The second-order valence-corrected chi connectivity index (χ2v) is 1.99. The summed E-state index contributed by atoms with van der Waals surface area (Å²) in [7, 11) is 0. The van der Waals surface area contributed by atoms with Crippen LogP contribution in [0.25, 0.3) is 0 Å². The molecule has 0 unspecified atom stereocenters. The van der Waals surface area contributed by atoms with Crippen molar-refractivity contribution in [2.45, 2.75) is 0 Å². The topological polar surface area (TPSA) is 18.5 Å². The normalized spacial score (nSPS) is 10.4. The second kappa shape index (κ2) is 4.76. The van der Waals surface area contributed by atoms with Crippen LogP contribution < -0.4 is 0 Å². The van der Waals surface area contributed by atoms with Crippen molar-refractivity contribution in [2.75, 3.05) is 13.0 Å². The largest absolute Gasteiger partial charge is 0.533 e. The van der Waals surface area contributed by atoms with Gasteiger partial charge in [0.25, 0.3) is 0 Å². The van der Waals surface area contributed by atoms with Gasteiger partial charge in [0.2, 0.25) is 0 Å². The minimum atomic E-state index is -3.59. The molecule has 0 spiro atoms. The van der Waals surface area contributed by atoms with Gasteiger partial charge in [-0.05, 0) is 0 Å². The molecule has 0 aromatic heterocycles. The molecule has 5 heteroatoms. The van der Waals surface area contributed by atoms with Crippen LogP contribution in [0.3, 0.4) is 0 Å². The van der Waals surface area contributed by atoms with E-state index in [1.165, 1.54) is 0 Å². The van der Waals surface area contributed by atoms with Gasteiger partial charge >= 0.3 is 6.70 Å². The molecule has 0 fully saturated rings. The van der Waals surface area contributed by atoms with Gasteiger partial charge in [-0.3, -0.25) is 0 Å². The summed E-state index contributed by atoms with van der Waals surface area (Å²) in [6.07, 6.45) is 1.95. The molecule has 0 aromatic rings. The van der Waals surface area contributed by atoms with Crippen LogP contribution in [0.2, 0.25) is 0 Å². The molecule has 64 valence electrons. The van der Waals surface area contributed by atoms with Crippen molar-refractivity contribution in [3.05, 3.63) is 25.7 Å².